The molecule has 2 rings (SSSR count). The van der Waals surface area contributed by atoms with Crippen LogP contribution in [0.3, 0.4) is 0 Å². The van der Waals surface area contributed by atoms with E-state index in [1.54, 1.807) is 6.26 Å². The van der Waals surface area contributed by atoms with Crippen molar-refractivity contribution >= 4 is 5.69 Å². The van der Waals surface area contributed by atoms with Crippen molar-refractivity contribution in [2.45, 2.75) is 12.6 Å². The van der Waals surface area contributed by atoms with Gasteiger partial charge in [-0.25, -0.2) is 0 Å². The van der Waals surface area contributed by atoms with Crippen molar-refractivity contribution in [3.8, 4) is 0 Å². The number of anilines is 1. The molecule has 0 aliphatic carbocycles. The summed E-state index contributed by atoms with van der Waals surface area (Å²) in [6, 6.07) is 12.6. The average Bonchev–Trinajstić information content (AvgIpc) is 2.93. The van der Waals surface area contributed by atoms with E-state index in [4.69, 9.17) is 10.2 Å². The van der Waals surface area contributed by atoms with Crippen LogP contribution < -0.4 is 10.6 Å². The molecule has 1 atom stereocenters. The van der Waals surface area contributed by atoms with Gasteiger partial charge in [-0.2, -0.15) is 0 Å². The summed E-state index contributed by atoms with van der Waals surface area (Å²) < 4.78 is 5.40. The highest BCUT2D eigenvalue weighted by Gasteiger charge is 2.16. The number of furan rings is 1. The van der Waals surface area contributed by atoms with Crippen LogP contribution in [0.15, 0.2) is 47.1 Å². The van der Waals surface area contributed by atoms with Gasteiger partial charge in [-0.15, -0.1) is 0 Å². The maximum Gasteiger partial charge on any atom is 0.117 e. The maximum absolute atomic E-state index is 5.95. The van der Waals surface area contributed by atoms with E-state index in [-0.39, 0.29) is 6.04 Å². The molecule has 2 N–H and O–H groups in total. The molecular weight excluding hydrogens is 250 g/mol. The molecular formula is C16H23N3O. The lowest BCUT2D eigenvalue weighted by atomic mass is 10.0. The molecule has 4 nitrogen and oxygen atoms in total. The summed E-state index contributed by atoms with van der Waals surface area (Å²) in [5, 5.41) is 0. The van der Waals surface area contributed by atoms with Gasteiger partial charge in [0.25, 0.3) is 0 Å². The first-order valence-corrected chi connectivity index (χ1v) is 6.81. The van der Waals surface area contributed by atoms with E-state index in [2.05, 4.69) is 41.1 Å². The van der Waals surface area contributed by atoms with Gasteiger partial charge in [0.15, 0.2) is 0 Å². The Bertz CT molecular complexity index is 505. The SMILES string of the molecule is CN(C)c1ccc(C(CN)N(C)Cc2ccco2)cc1. The topological polar surface area (TPSA) is 45.6 Å². The summed E-state index contributed by atoms with van der Waals surface area (Å²) in [6.45, 7) is 1.34. The second-order valence-corrected chi connectivity index (χ2v) is 5.23. The van der Waals surface area contributed by atoms with Gasteiger partial charge in [0, 0.05) is 32.4 Å². The predicted octanol–water partition coefficient (Wildman–Crippen LogP) is 2.48. The predicted molar refractivity (Wildman–Crippen MR) is 82.7 cm³/mol. The van der Waals surface area contributed by atoms with E-state index in [0.717, 1.165) is 12.3 Å². The monoisotopic (exact) mass is 273 g/mol. The van der Waals surface area contributed by atoms with Gasteiger partial charge in [0.1, 0.15) is 5.76 Å². The number of hydrogen-bond acceptors (Lipinski definition) is 4. The molecule has 0 radical (unpaired) electrons. The van der Waals surface area contributed by atoms with Gasteiger partial charge >= 0.3 is 0 Å². The standard InChI is InChI=1S/C16H23N3O/c1-18(2)14-8-6-13(7-9-14)16(11-17)19(3)12-15-5-4-10-20-15/h4-10,16H,11-12,17H2,1-3H3. The molecule has 0 spiro atoms. The van der Waals surface area contributed by atoms with E-state index in [1.807, 2.05) is 26.2 Å². The van der Waals surface area contributed by atoms with Gasteiger partial charge in [0.05, 0.1) is 12.8 Å². The van der Waals surface area contributed by atoms with Crippen LogP contribution in [0.2, 0.25) is 0 Å². The molecule has 1 unspecified atom stereocenters. The molecule has 0 saturated heterocycles. The molecule has 0 aliphatic heterocycles. The number of hydrogen-bond donors (Lipinski definition) is 1. The van der Waals surface area contributed by atoms with Gasteiger partial charge in [-0.05, 0) is 36.9 Å². The second-order valence-electron chi connectivity index (χ2n) is 5.23. The highest BCUT2D eigenvalue weighted by atomic mass is 16.3. The lowest BCUT2D eigenvalue weighted by molar-refractivity contribution is 0.223. The van der Waals surface area contributed by atoms with Crippen LogP contribution in [0.5, 0.6) is 0 Å². The third kappa shape index (κ3) is 3.40. The van der Waals surface area contributed by atoms with Crippen molar-refractivity contribution in [2.75, 3.05) is 32.6 Å². The first-order valence-electron chi connectivity index (χ1n) is 6.81. The summed E-state index contributed by atoms with van der Waals surface area (Å²) in [6.07, 6.45) is 1.70. The fraction of sp³-hybridized carbons (Fsp3) is 0.375. The number of rotatable bonds is 6. The normalized spacial score (nSPS) is 12.7. The molecule has 4 heteroatoms. The summed E-state index contributed by atoms with van der Waals surface area (Å²) >= 11 is 0. The van der Waals surface area contributed by atoms with Crippen LogP contribution in [0.4, 0.5) is 5.69 Å². The van der Waals surface area contributed by atoms with E-state index in [1.165, 1.54) is 11.3 Å². The fourth-order valence-corrected chi connectivity index (χ4v) is 2.32. The number of nitrogens with two attached hydrogens (primary N) is 1. The molecule has 0 bridgehead atoms. The minimum Gasteiger partial charge on any atom is -0.468 e. The highest BCUT2D eigenvalue weighted by Crippen LogP contribution is 2.23. The van der Waals surface area contributed by atoms with Crippen molar-refractivity contribution in [3.63, 3.8) is 0 Å². The Morgan fingerprint density at radius 2 is 1.80 bits per heavy atom. The van der Waals surface area contributed by atoms with Crippen molar-refractivity contribution in [2.24, 2.45) is 5.73 Å². The first-order chi connectivity index (χ1) is 9.61. The second kappa shape index (κ2) is 6.59. The Balaban J connectivity index is 2.10. The number of likely N-dealkylation sites (N-methyl/N-ethyl adjacent to an activating group) is 1. The van der Waals surface area contributed by atoms with Gasteiger partial charge in [-0.3, -0.25) is 4.90 Å². The largest absolute Gasteiger partial charge is 0.468 e. The Morgan fingerprint density at radius 1 is 1.10 bits per heavy atom. The summed E-state index contributed by atoms with van der Waals surface area (Å²) in [7, 11) is 6.15. The minimum atomic E-state index is 0.191. The molecule has 0 fully saturated rings. The lowest BCUT2D eigenvalue weighted by Gasteiger charge is -2.27. The van der Waals surface area contributed by atoms with Crippen LogP contribution in [0.25, 0.3) is 0 Å². The Labute approximate surface area is 120 Å². The van der Waals surface area contributed by atoms with Crippen LogP contribution in [-0.2, 0) is 6.54 Å². The highest BCUT2D eigenvalue weighted by molar-refractivity contribution is 5.46. The van der Waals surface area contributed by atoms with Crippen molar-refractivity contribution in [3.05, 3.63) is 54.0 Å². The third-order valence-corrected chi connectivity index (χ3v) is 3.53. The van der Waals surface area contributed by atoms with Crippen molar-refractivity contribution < 1.29 is 4.42 Å². The van der Waals surface area contributed by atoms with Crippen molar-refractivity contribution in [1.29, 1.82) is 0 Å². The molecule has 1 aromatic carbocycles. The summed E-state index contributed by atoms with van der Waals surface area (Å²) in [5.74, 6) is 0.955. The van der Waals surface area contributed by atoms with Crippen molar-refractivity contribution in [1.82, 2.24) is 4.90 Å². The third-order valence-electron chi connectivity index (χ3n) is 3.53. The molecule has 1 heterocycles. The summed E-state index contributed by atoms with van der Waals surface area (Å²) in [4.78, 5) is 4.30. The zero-order chi connectivity index (χ0) is 14.5. The van der Waals surface area contributed by atoms with Crippen LogP contribution >= 0.6 is 0 Å². The fourth-order valence-electron chi connectivity index (χ4n) is 2.32. The molecule has 108 valence electrons. The smallest absolute Gasteiger partial charge is 0.117 e. The van der Waals surface area contributed by atoms with Gasteiger partial charge < -0.3 is 15.1 Å². The molecule has 0 saturated carbocycles. The Morgan fingerprint density at radius 3 is 2.30 bits per heavy atom. The van der Waals surface area contributed by atoms with Gasteiger partial charge in [-0.1, -0.05) is 12.1 Å². The van der Waals surface area contributed by atoms with Crippen LogP contribution in [-0.4, -0.2) is 32.6 Å². The molecule has 1 aromatic heterocycles. The summed E-state index contributed by atoms with van der Waals surface area (Å²) in [5.41, 5.74) is 8.37. The van der Waals surface area contributed by atoms with Crippen LogP contribution in [0.1, 0.15) is 17.4 Å². The van der Waals surface area contributed by atoms with E-state index in [0.29, 0.717) is 6.54 Å². The average molecular weight is 273 g/mol. The zero-order valence-corrected chi connectivity index (χ0v) is 12.4. The zero-order valence-electron chi connectivity index (χ0n) is 12.4. The Hall–Kier alpha value is -1.78. The lowest BCUT2D eigenvalue weighted by Crippen LogP contribution is -2.30. The first kappa shape index (κ1) is 14.6. The van der Waals surface area contributed by atoms with E-state index in [9.17, 15) is 0 Å². The minimum absolute atomic E-state index is 0.191. The Kier molecular flexibility index (Phi) is 4.82. The van der Waals surface area contributed by atoms with Crippen LogP contribution in [0, 0.1) is 0 Å². The number of nitrogens with zero attached hydrogens (tertiary/aromatic N) is 2. The quantitative estimate of drug-likeness (QED) is 0.878. The molecule has 2 aromatic rings. The van der Waals surface area contributed by atoms with Gasteiger partial charge in [0.2, 0.25) is 0 Å². The maximum atomic E-state index is 5.95. The number of benzene rings is 1. The van der Waals surface area contributed by atoms with E-state index >= 15 is 0 Å². The molecule has 0 aliphatic rings. The van der Waals surface area contributed by atoms with E-state index < -0.39 is 0 Å². The molecule has 0 amide bonds. The molecule has 20 heavy (non-hydrogen) atoms.